The summed E-state index contributed by atoms with van der Waals surface area (Å²) >= 11 is 0. The van der Waals surface area contributed by atoms with Gasteiger partial charge in [-0.1, -0.05) is 44.2 Å². The van der Waals surface area contributed by atoms with E-state index in [0.717, 1.165) is 25.7 Å². The molecule has 0 bridgehead atoms. The van der Waals surface area contributed by atoms with Crippen molar-refractivity contribution in [2.75, 3.05) is 7.05 Å². The molecule has 1 rings (SSSR count). The molecular formula is C17H25N. The second kappa shape index (κ2) is 7.24. The number of benzene rings is 1. The summed E-state index contributed by atoms with van der Waals surface area (Å²) < 4.78 is 0. The summed E-state index contributed by atoms with van der Waals surface area (Å²) in [6.45, 7) is 4.55. The predicted octanol–water partition coefficient (Wildman–Crippen LogP) is 3.75. The van der Waals surface area contributed by atoms with Gasteiger partial charge in [0.15, 0.2) is 0 Å². The molecule has 0 saturated carbocycles. The minimum Gasteiger partial charge on any atom is -0.316 e. The van der Waals surface area contributed by atoms with Crippen molar-refractivity contribution < 1.29 is 0 Å². The molecule has 1 unspecified atom stereocenters. The van der Waals surface area contributed by atoms with Crippen LogP contribution in [0.15, 0.2) is 30.3 Å². The van der Waals surface area contributed by atoms with Gasteiger partial charge in [-0.2, -0.15) is 0 Å². The summed E-state index contributed by atoms with van der Waals surface area (Å²) in [4.78, 5) is 0. The second-order valence-corrected chi connectivity index (χ2v) is 4.81. The van der Waals surface area contributed by atoms with E-state index in [1.54, 1.807) is 0 Å². The lowest BCUT2D eigenvalue weighted by molar-refractivity contribution is 0.271. The molecule has 0 heterocycles. The molecule has 0 aliphatic carbocycles. The molecule has 1 nitrogen and oxygen atoms in total. The summed E-state index contributed by atoms with van der Waals surface area (Å²) in [5.41, 5.74) is 1.61. The molecule has 1 aromatic rings. The third-order valence-electron chi connectivity index (χ3n) is 4.20. The molecule has 0 aliphatic rings. The first-order valence-corrected chi connectivity index (χ1v) is 6.91. The normalized spacial score (nSPS) is 13.0. The van der Waals surface area contributed by atoms with Crippen LogP contribution >= 0.6 is 0 Å². The molecule has 1 N–H and O–H groups in total. The van der Waals surface area contributed by atoms with Gasteiger partial charge in [0, 0.05) is 17.9 Å². The Labute approximate surface area is 112 Å². The van der Waals surface area contributed by atoms with E-state index in [4.69, 9.17) is 6.42 Å². The second-order valence-electron chi connectivity index (χ2n) is 4.81. The number of likely N-dealkylation sites (N-methyl/N-ethyl adjacent to an activating group) is 1. The van der Waals surface area contributed by atoms with Crippen LogP contribution in [0.1, 0.15) is 45.1 Å². The molecule has 18 heavy (non-hydrogen) atoms. The van der Waals surface area contributed by atoms with Crippen molar-refractivity contribution in [2.24, 2.45) is 0 Å². The molecule has 0 aliphatic heterocycles. The zero-order chi connectivity index (χ0) is 13.4. The van der Waals surface area contributed by atoms with Crippen LogP contribution in [-0.4, -0.2) is 13.1 Å². The van der Waals surface area contributed by atoms with E-state index >= 15 is 0 Å². The number of terminal acetylenes is 1. The first-order valence-electron chi connectivity index (χ1n) is 6.91. The Balaban J connectivity index is 3.09. The number of rotatable bonds is 7. The molecule has 1 heteroatoms. The molecule has 1 atom stereocenters. The van der Waals surface area contributed by atoms with Crippen molar-refractivity contribution in [2.45, 2.75) is 51.0 Å². The standard InChI is InChI=1S/C17H25N/c1-5-8-14-16(18-4)17(6-2,7-3)15-12-10-9-11-13-15/h1,9-13,16,18H,6-8,14H2,2-4H3. The molecule has 0 fully saturated rings. The molecule has 0 amide bonds. The molecule has 98 valence electrons. The highest BCUT2D eigenvalue weighted by Gasteiger charge is 2.35. The molecule has 0 radical (unpaired) electrons. The van der Waals surface area contributed by atoms with Gasteiger partial charge in [0.2, 0.25) is 0 Å². The minimum absolute atomic E-state index is 0.187. The van der Waals surface area contributed by atoms with Crippen LogP contribution in [0.2, 0.25) is 0 Å². The van der Waals surface area contributed by atoms with Crippen LogP contribution in [0.3, 0.4) is 0 Å². The molecule has 0 aromatic heterocycles. The summed E-state index contributed by atoms with van der Waals surface area (Å²) in [5.74, 6) is 2.76. The zero-order valence-electron chi connectivity index (χ0n) is 11.9. The highest BCUT2D eigenvalue weighted by Crippen LogP contribution is 2.36. The van der Waals surface area contributed by atoms with E-state index in [0.29, 0.717) is 6.04 Å². The fourth-order valence-electron chi connectivity index (χ4n) is 3.05. The minimum atomic E-state index is 0.187. The van der Waals surface area contributed by atoms with Crippen molar-refractivity contribution >= 4 is 0 Å². The van der Waals surface area contributed by atoms with Crippen molar-refractivity contribution in [3.63, 3.8) is 0 Å². The van der Waals surface area contributed by atoms with Crippen LogP contribution in [0, 0.1) is 12.3 Å². The van der Waals surface area contributed by atoms with E-state index in [1.165, 1.54) is 5.56 Å². The Kier molecular flexibility index (Phi) is 5.95. The Morgan fingerprint density at radius 3 is 2.28 bits per heavy atom. The van der Waals surface area contributed by atoms with Gasteiger partial charge in [0.25, 0.3) is 0 Å². The van der Waals surface area contributed by atoms with Gasteiger partial charge in [-0.25, -0.2) is 0 Å². The Hall–Kier alpha value is -1.26. The van der Waals surface area contributed by atoms with Crippen LogP contribution in [0.25, 0.3) is 0 Å². The Bertz CT molecular complexity index is 370. The third kappa shape index (κ3) is 2.94. The van der Waals surface area contributed by atoms with Gasteiger partial charge >= 0.3 is 0 Å². The fourth-order valence-corrected chi connectivity index (χ4v) is 3.05. The maximum atomic E-state index is 5.42. The maximum absolute atomic E-state index is 5.42. The van der Waals surface area contributed by atoms with Gasteiger partial charge in [-0.3, -0.25) is 0 Å². The average molecular weight is 243 g/mol. The monoisotopic (exact) mass is 243 g/mol. The highest BCUT2D eigenvalue weighted by atomic mass is 14.9. The SMILES string of the molecule is C#CCCC(NC)C(CC)(CC)c1ccccc1. The van der Waals surface area contributed by atoms with Crippen molar-refractivity contribution in [1.82, 2.24) is 5.32 Å². The summed E-state index contributed by atoms with van der Waals surface area (Å²) in [7, 11) is 2.05. The number of hydrogen-bond acceptors (Lipinski definition) is 1. The number of nitrogens with one attached hydrogen (secondary N) is 1. The highest BCUT2D eigenvalue weighted by molar-refractivity contribution is 5.27. The Morgan fingerprint density at radius 2 is 1.83 bits per heavy atom. The molecule has 1 aromatic carbocycles. The lowest BCUT2D eigenvalue weighted by atomic mass is 9.69. The first kappa shape index (κ1) is 14.8. The van der Waals surface area contributed by atoms with Crippen LogP contribution in [0.5, 0.6) is 0 Å². The van der Waals surface area contributed by atoms with Gasteiger partial charge in [0.05, 0.1) is 0 Å². The van der Waals surface area contributed by atoms with Crippen molar-refractivity contribution in [1.29, 1.82) is 0 Å². The van der Waals surface area contributed by atoms with E-state index in [9.17, 15) is 0 Å². The molecule has 0 spiro atoms. The number of hydrogen-bond donors (Lipinski definition) is 1. The van der Waals surface area contributed by atoms with Crippen LogP contribution < -0.4 is 5.32 Å². The average Bonchev–Trinajstić information content (AvgIpc) is 2.45. The molecular weight excluding hydrogens is 218 g/mol. The lowest BCUT2D eigenvalue weighted by Gasteiger charge is -2.40. The fraction of sp³-hybridized carbons (Fsp3) is 0.529. The van der Waals surface area contributed by atoms with E-state index < -0.39 is 0 Å². The third-order valence-corrected chi connectivity index (χ3v) is 4.20. The van der Waals surface area contributed by atoms with Gasteiger partial charge in [-0.05, 0) is 31.9 Å². The van der Waals surface area contributed by atoms with Gasteiger partial charge in [-0.15, -0.1) is 12.3 Å². The quantitative estimate of drug-likeness (QED) is 0.719. The molecule has 0 saturated heterocycles. The summed E-state index contributed by atoms with van der Waals surface area (Å²) in [5, 5.41) is 3.48. The van der Waals surface area contributed by atoms with E-state index in [1.807, 2.05) is 7.05 Å². The first-order chi connectivity index (χ1) is 8.75. The smallest absolute Gasteiger partial charge is 0.0170 e. The maximum Gasteiger partial charge on any atom is 0.0170 e. The van der Waals surface area contributed by atoms with Gasteiger partial charge < -0.3 is 5.32 Å². The van der Waals surface area contributed by atoms with Crippen molar-refractivity contribution in [3.05, 3.63) is 35.9 Å². The zero-order valence-corrected chi connectivity index (χ0v) is 11.9. The predicted molar refractivity (Wildman–Crippen MR) is 79.6 cm³/mol. The Morgan fingerprint density at radius 1 is 1.22 bits per heavy atom. The van der Waals surface area contributed by atoms with Crippen LogP contribution in [-0.2, 0) is 5.41 Å². The largest absolute Gasteiger partial charge is 0.316 e. The summed E-state index contributed by atoms with van der Waals surface area (Å²) in [6.07, 6.45) is 9.54. The van der Waals surface area contributed by atoms with Crippen LogP contribution in [0.4, 0.5) is 0 Å². The summed E-state index contributed by atoms with van der Waals surface area (Å²) in [6, 6.07) is 11.3. The van der Waals surface area contributed by atoms with Gasteiger partial charge in [0.1, 0.15) is 0 Å². The topological polar surface area (TPSA) is 12.0 Å². The van der Waals surface area contributed by atoms with E-state index in [2.05, 4.69) is 55.4 Å². The van der Waals surface area contributed by atoms with Crippen molar-refractivity contribution in [3.8, 4) is 12.3 Å². The lowest BCUT2D eigenvalue weighted by Crippen LogP contribution is -2.46. The van der Waals surface area contributed by atoms with E-state index in [-0.39, 0.29) is 5.41 Å².